The van der Waals surface area contributed by atoms with Gasteiger partial charge < -0.3 is 9.64 Å². The van der Waals surface area contributed by atoms with Crippen molar-refractivity contribution < 1.29 is 14.3 Å². The van der Waals surface area contributed by atoms with Crippen LogP contribution in [0.5, 0.6) is 5.75 Å². The third-order valence-electron chi connectivity index (χ3n) is 6.13. The first-order valence-electron chi connectivity index (χ1n) is 10.3. The van der Waals surface area contributed by atoms with E-state index >= 15 is 0 Å². The zero-order valence-electron chi connectivity index (χ0n) is 16.6. The van der Waals surface area contributed by atoms with Crippen molar-refractivity contribution in [3.63, 3.8) is 0 Å². The Morgan fingerprint density at radius 2 is 1.87 bits per heavy atom. The van der Waals surface area contributed by atoms with Gasteiger partial charge in [0.05, 0.1) is 17.7 Å². The highest BCUT2D eigenvalue weighted by Gasteiger charge is 2.42. The van der Waals surface area contributed by atoms with Crippen molar-refractivity contribution in [3.05, 3.63) is 71.9 Å². The summed E-state index contributed by atoms with van der Waals surface area (Å²) < 4.78 is 6.33. The van der Waals surface area contributed by atoms with Crippen molar-refractivity contribution in [1.29, 1.82) is 0 Å². The van der Waals surface area contributed by atoms with E-state index in [9.17, 15) is 9.59 Å². The number of carbonyl (C=O) groups excluding carboxylic acids is 2. The van der Waals surface area contributed by atoms with Crippen LogP contribution in [-0.4, -0.2) is 45.5 Å². The lowest BCUT2D eigenvalue weighted by Crippen LogP contribution is -2.43. The number of ether oxygens (including phenoxy) is 1. The second-order valence-electron chi connectivity index (χ2n) is 8.07. The van der Waals surface area contributed by atoms with Gasteiger partial charge >= 0.3 is 0 Å². The number of aromatic amines is 1. The molecule has 1 saturated heterocycles. The standard InChI is InChI=1S/C24H23N3O3/c28-21-16-24(30-22-5-2-1-4-19(21)22)11-3-14-27(15-12-24)23(29)18-8-6-17(7-9-18)20-10-13-25-26-20/h1-2,4-10,13H,3,11-12,14-16H2,(H,25,26). The first-order chi connectivity index (χ1) is 14.6. The maximum Gasteiger partial charge on any atom is 0.253 e. The molecule has 1 spiro atoms. The summed E-state index contributed by atoms with van der Waals surface area (Å²) in [5.74, 6) is 0.819. The molecular formula is C24H23N3O3. The van der Waals surface area contributed by atoms with E-state index < -0.39 is 5.60 Å². The molecule has 2 aromatic carbocycles. The molecule has 1 atom stereocenters. The number of nitrogens with one attached hydrogen (secondary N) is 1. The number of benzene rings is 2. The second-order valence-corrected chi connectivity index (χ2v) is 8.07. The minimum atomic E-state index is -0.509. The van der Waals surface area contributed by atoms with Crippen LogP contribution >= 0.6 is 0 Å². The summed E-state index contributed by atoms with van der Waals surface area (Å²) in [6.07, 6.45) is 4.33. The Morgan fingerprint density at radius 1 is 1.03 bits per heavy atom. The molecule has 1 amide bonds. The Labute approximate surface area is 174 Å². The molecule has 6 heteroatoms. The number of ketones is 1. The summed E-state index contributed by atoms with van der Waals surface area (Å²) in [4.78, 5) is 27.6. The molecule has 1 unspecified atom stereocenters. The second kappa shape index (κ2) is 7.44. The number of carbonyl (C=O) groups is 2. The Bertz CT molecular complexity index is 1080. The van der Waals surface area contributed by atoms with Crippen molar-refractivity contribution in [2.24, 2.45) is 0 Å². The highest BCUT2D eigenvalue weighted by atomic mass is 16.5. The molecule has 2 aliphatic heterocycles. The molecule has 1 fully saturated rings. The first kappa shape index (κ1) is 18.6. The van der Waals surface area contributed by atoms with Gasteiger partial charge in [-0.2, -0.15) is 5.10 Å². The number of fused-ring (bicyclic) bond motifs is 1. The van der Waals surface area contributed by atoms with Crippen molar-refractivity contribution in [1.82, 2.24) is 15.1 Å². The normalized spacial score (nSPS) is 21.1. The van der Waals surface area contributed by atoms with Crippen LogP contribution in [0.2, 0.25) is 0 Å². The van der Waals surface area contributed by atoms with Crippen molar-refractivity contribution >= 4 is 11.7 Å². The van der Waals surface area contributed by atoms with Crippen molar-refractivity contribution in [2.75, 3.05) is 13.1 Å². The van der Waals surface area contributed by atoms with E-state index in [0.29, 0.717) is 42.8 Å². The Morgan fingerprint density at radius 3 is 2.67 bits per heavy atom. The SMILES string of the molecule is O=C1CC2(CCCN(C(=O)c3ccc(-c4ccn[nH]4)cc3)CC2)Oc2ccccc21. The van der Waals surface area contributed by atoms with Crippen LogP contribution in [0.3, 0.4) is 0 Å². The molecule has 5 rings (SSSR count). The molecule has 1 aromatic heterocycles. The summed E-state index contributed by atoms with van der Waals surface area (Å²) >= 11 is 0. The van der Waals surface area contributed by atoms with E-state index in [4.69, 9.17) is 4.74 Å². The molecule has 6 nitrogen and oxygen atoms in total. The van der Waals surface area contributed by atoms with Gasteiger partial charge in [0.1, 0.15) is 11.4 Å². The van der Waals surface area contributed by atoms with Gasteiger partial charge in [0.25, 0.3) is 5.91 Å². The number of rotatable bonds is 2. The number of nitrogens with zero attached hydrogens (tertiary/aromatic N) is 2. The molecule has 3 aromatic rings. The third-order valence-corrected chi connectivity index (χ3v) is 6.13. The average Bonchev–Trinajstić information content (AvgIpc) is 3.24. The average molecular weight is 401 g/mol. The van der Waals surface area contributed by atoms with Gasteiger partial charge in [0.2, 0.25) is 0 Å². The summed E-state index contributed by atoms with van der Waals surface area (Å²) in [5, 5.41) is 6.90. The fraction of sp³-hybridized carbons (Fsp3) is 0.292. The van der Waals surface area contributed by atoms with Gasteiger partial charge in [0.15, 0.2) is 5.78 Å². The van der Waals surface area contributed by atoms with Crippen LogP contribution in [-0.2, 0) is 0 Å². The molecule has 0 aliphatic carbocycles. The number of H-pyrrole nitrogens is 1. The van der Waals surface area contributed by atoms with E-state index in [1.165, 1.54) is 0 Å². The minimum Gasteiger partial charge on any atom is -0.486 e. The van der Waals surface area contributed by atoms with Gasteiger partial charge in [-0.15, -0.1) is 0 Å². The molecule has 0 bridgehead atoms. The lowest BCUT2D eigenvalue weighted by atomic mass is 9.84. The van der Waals surface area contributed by atoms with Crippen LogP contribution in [0.25, 0.3) is 11.3 Å². The topological polar surface area (TPSA) is 75.3 Å². The maximum absolute atomic E-state index is 13.1. The number of hydrogen-bond donors (Lipinski definition) is 1. The van der Waals surface area contributed by atoms with Crippen LogP contribution < -0.4 is 4.74 Å². The third kappa shape index (κ3) is 3.38. The maximum atomic E-state index is 13.1. The highest BCUT2D eigenvalue weighted by Crippen LogP contribution is 2.39. The molecule has 0 radical (unpaired) electrons. The highest BCUT2D eigenvalue weighted by molar-refractivity contribution is 6.00. The molecule has 152 valence electrons. The number of likely N-dealkylation sites (tertiary alicyclic amines) is 1. The quantitative estimate of drug-likeness (QED) is 0.701. The van der Waals surface area contributed by atoms with E-state index in [1.807, 2.05) is 59.5 Å². The largest absolute Gasteiger partial charge is 0.486 e. The molecule has 0 saturated carbocycles. The van der Waals surface area contributed by atoms with Gasteiger partial charge in [-0.25, -0.2) is 0 Å². The lowest BCUT2D eigenvalue weighted by Gasteiger charge is -2.37. The lowest BCUT2D eigenvalue weighted by molar-refractivity contribution is 0.0300. The minimum absolute atomic E-state index is 0.0192. The Kier molecular flexibility index (Phi) is 4.62. The van der Waals surface area contributed by atoms with Crippen molar-refractivity contribution in [2.45, 2.75) is 31.3 Å². The monoisotopic (exact) mass is 401 g/mol. The molecular weight excluding hydrogens is 378 g/mol. The van der Waals surface area contributed by atoms with Crippen LogP contribution in [0.1, 0.15) is 46.4 Å². The van der Waals surface area contributed by atoms with Crippen molar-refractivity contribution in [3.8, 4) is 17.0 Å². The predicted molar refractivity (Wildman–Crippen MR) is 113 cm³/mol. The fourth-order valence-electron chi connectivity index (χ4n) is 4.48. The zero-order chi connectivity index (χ0) is 20.6. The van der Waals surface area contributed by atoms with Gasteiger partial charge in [-0.1, -0.05) is 24.3 Å². The predicted octanol–water partition coefficient (Wildman–Crippen LogP) is 4.11. The van der Waals surface area contributed by atoms with E-state index in [0.717, 1.165) is 24.1 Å². The van der Waals surface area contributed by atoms with Gasteiger partial charge in [-0.05, 0) is 48.7 Å². The molecule has 30 heavy (non-hydrogen) atoms. The number of amides is 1. The fourth-order valence-corrected chi connectivity index (χ4v) is 4.48. The molecule has 1 N–H and O–H groups in total. The van der Waals surface area contributed by atoms with Gasteiger partial charge in [0, 0.05) is 31.3 Å². The Hall–Kier alpha value is -3.41. The summed E-state index contributed by atoms with van der Waals surface area (Å²) in [7, 11) is 0. The number of hydrogen-bond acceptors (Lipinski definition) is 4. The summed E-state index contributed by atoms with van der Waals surface area (Å²) in [6.45, 7) is 1.25. The molecule has 3 heterocycles. The smallest absolute Gasteiger partial charge is 0.253 e. The van der Waals surface area contributed by atoms with Crippen LogP contribution in [0.4, 0.5) is 0 Å². The zero-order valence-corrected chi connectivity index (χ0v) is 16.6. The van der Waals surface area contributed by atoms with Gasteiger partial charge in [-0.3, -0.25) is 14.7 Å². The number of aromatic nitrogens is 2. The van der Waals surface area contributed by atoms with Crippen LogP contribution in [0, 0.1) is 0 Å². The van der Waals surface area contributed by atoms with E-state index in [1.54, 1.807) is 6.20 Å². The summed E-state index contributed by atoms with van der Waals surface area (Å²) in [6, 6.07) is 16.9. The van der Waals surface area contributed by atoms with Crippen LogP contribution in [0.15, 0.2) is 60.8 Å². The molecule has 2 aliphatic rings. The van der Waals surface area contributed by atoms with E-state index in [2.05, 4.69) is 10.2 Å². The summed E-state index contributed by atoms with van der Waals surface area (Å²) in [5.41, 5.74) is 2.74. The number of para-hydroxylation sites is 1. The Balaban J connectivity index is 1.30. The number of Topliss-reactive ketones (excluding diaryl/α,β-unsaturated/α-hetero) is 1. The first-order valence-corrected chi connectivity index (χ1v) is 10.3. The van der Waals surface area contributed by atoms with E-state index in [-0.39, 0.29) is 11.7 Å².